The van der Waals surface area contributed by atoms with Crippen molar-refractivity contribution in [3.8, 4) is 6.07 Å². The number of nitrogens with zero attached hydrogens (tertiary/aromatic N) is 2. The highest BCUT2D eigenvalue weighted by molar-refractivity contribution is 6.11. The van der Waals surface area contributed by atoms with E-state index in [1.54, 1.807) is 12.1 Å². The van der Waals surface area contributed by atoms with E-state index in [0.29, 0.717) is 5.56 Å². The summed E-state index contributed by atoms with van der Waals surface area (Å²) in [7, 11) is 0. The Morgan fingerprint density at radius 1 is 0.933 bits per heavy atom. The fraction of sp³-hybridized carbons (Fsp3) is 0.182. The minimum absolute atomic E-state index is 0.711. The van der Waals surface area contributed by atoms with Gasteiger partial charge in [0.2, 0.25) is 11.6 Å². The van der Waals surface area contributed by atoms with Gasteiger partial charge in [-0.3, -0.25) is 4.79 Å². The topological polar surface area (TPSA) is 44.1 Å². The third kappa shape index (κ3) is 4.57. The van der Waals surface area contributed by atoms with Crippen molar-refractivity contribution in [2.24, 2.45) is 0 Å². The fourth-order valence-corrected chi connectivity index (χ4v) is 2.74. The second-order valence-electron chi connectivity index (χ2n) is 6.09. The Kier molecular flexibility index (Phi) is 7.48. The maximum atomic E-state index is 13.8. The molecule has 2 aromatic carbocycles. The van der Waals surface area contributed by atoms with Crippen LogP contribution in [0.4, 0.5) is 27.6 Å². The van der Waals surface area contributed by atoms with Gasteiger partial charge >= 0.3 is 0 Å². The molecule has 3 nitrogen and oxygen atoms in total. The van der Waals surface area contributed by atoms with E-state index in [1.807, 2.05) is 26.0 Å². The third-order valence-electron chi connectivity index (χ3n) is 4.38. The Bertz CT molecular complexity index is 1020. The highest BCUT2D eigenvalue weighted by Gasteiger charge is 2.30. The number of allylic oxidation sites excluding steroid dienone is 3. The van der Waals surface area contributed by atoms with Gasteiger partial charge in [0.05, 0.1) is 0 Å². The van der Waals surface area contributed by atoms with Crippen LogP contribution in [0.3, 0.4) is 0 Å². The molecular weight excluding hydrogens is 403 g/mol. The van der Waals surface area contributed by atoms with E-state index in [2.05, 4.69) is 4.90 Å². The summed E-state index contributed by atoms with van der Waals surface area (Å²) < 4.78 is 67.3. The van der Waals surface area contributed by atoms with Gasteiger partial charge in [-0.1, -0.05) is 24.3 Å². The summed E-state index contributed by atoms with van der Waals surface area (Å²) in [6.07, 6.45) is 3.74. The number of hydrogen-bond acceptors (Lipinski definition) is 3. The van der Waals surface area contributed by atoms with Crippen LogP contribution >= 0.6 is 0 Å². The van der Waals surface area contributed by atoms with Crippen molar-refractivity contribution in [2.45, 2.75) is 13.8 Å². The van der Waals surface area contributed by atoms with Gasteiger partial charge in [0.15, 0.2) is 23.3 Å². The number of halogens is 5. The SMILES string of the molecule is CCN(CC)c1ccc(/C=C/C=C(\C#N)C(=O)c2c(F)c(F)c(F)c(F)c2F)cc1. The Labute approximate surface area is 170 Å². The monoisotopic (exact) mass is 420 g/mol. The molecular formula is C22H17F5N2O. The molecule has 2 rings (SSSR count). The molecule has 0 saturated heterocycles. The molecule has 0 radical (unpaired) electrons. The molecule has 156 valence electrons. The molecule has 0 bridgehead atoms. The van der Waals surface area contributed by atoms with Crippen LogP contribution in [-0.4, -0.2) is 18.9 Å². The molecule has 0 saturated carbocycles. The quantitative estimate of drug-likeness (QED) is 0.112. The lowest BCUT2D eigenvalue weighted by Crippen LogP contribution is -2.21. The molecule has 0 spiro atoms. The lowest BCUT2D eigenvalue weighted by atomic mass is 10.0. The summed E-state index contributed by atoms with van der Waals surface area (Å²) in [6.45, 7) is 5.71. The average molecular weight is 420 g/mol. The van der Waals surface area contributed by atoms with E-state index in [1.165, 1.54) is 18.2 Å². The van der Waals surface area contributed by atoms with Gasteiger partial charge in [0, 0.05) is 18.8 Å². The Balaban J connectivity index is 2.31. The summed E-state index contributed by atoms with van der Waals surface area (Å²) in [6, 6.07) is 8.74. The van der Waals surface area contributed by atoms with Crippen molar-refractivity contribution in [1.29, 1.82) is 5.26 Å². The van der Waals surface area contributed by atoms with Crippen molar-refractivity contribution in [3.05, 3.63) is 82.2 Å². The molecule has 0 aliphatic heterocycles. The van der Waals surface area contributed by atoms with Crippen molar-refractivity contribution < 1.29 is 26.7 Å². The minimum atomic E-state index is -2.38. The number of nitriles is 1. The number of hydrogen-bond donors (Lipinski definition) is 0. The molecule has 0 aliphatic carbocycles. The van der Waals surface area contributed by atoms with Crippen LogP contribution in [-0.2, 0) is 0 Å². The van der Waals surface area contributed by atoms with Crippen LogP contribution < -0.4 is 4.90 Å². The summed E-state index contributed by atoms with van der Waals surface area (Å²) in [4.78, 5) is 14.3. The van der Waals surface area contributed by atoms with Crippen LogP contribution in [0.5, 0.6) is 0 Å². The smallest absolute Gasteiger partial charge is 0.209 e. The minimum Gasteiger partial charge on any atom is -0.372 e. The van der Waals surface area contributed by atoms with Gasteiger partial charge in [0.25, 0.3) is 0 Å². The zero-order chi connectivity index (χ0) is 22.4. The second-order valence-corrected chi connectivity index (χ2v) is 6.09. The second kappa shape index (κ2) is 9.83. The zero-order valence-corrected chi connectivity index (χ0v) is 16.1. The summed E-state index contributed by atoms with van der Waals surface area (Å²) >= 11 is 0. The van der Waals surface area contributed by atoms with Crippen molar-refractivity contribution in [2.75, 3.05) is 18.0 Å². The molecule has 0 fully saturated rings. The Hall–Kier alpha value is -3.47. The lowest BCUT2D eigenvalue weighted by molar-refractivity contribution is 0.102. The third-order valence-corrected chi connectivity index (χ3v) is 4.38. The van der Waals surface area contributed by atoms with E-state index in [-0.39, 0.29) is 0 Å². The van der Waals surface area contributed by atoms with Gasteiger partial charge < -0.3 is 4.90 Å². The van der Waals surface area contributed by atoms with E-state index in [9.17, 15) is 26.7 Å². The van der Waals surface area contributed by atoms with E-state index >= 15 is 0 Å². The number of Topliss-reactive ketones (excluding diaryl/α,β-unsaturated/α-hetero) is 1. The molecule has 30 heavy (non-hydrogen) atoms. The predicted molar refractivity (Wildman–Crippen MR) is 103 cm³/mol. The van der Waals surface area contributed by atoms with Crippen LogP contribution in [0.15, 0.2) is 42.0 Å². The van der Waals surface area contributed by atoms with Gasteiger partial charge in [-0.15, -0.1) is 0 Å². The summed E-state index contributed by atoms with van der Waals surface area (Å²) in [5, 5.41) is 9.10. The molecule has 0 aromatic heterocycles. The number of anilines is 1. The summed E-state index contributed by atoms with van der Waals surface area (Å²) in [5.74, 6) is -13.1. The molecule has 0 aliphatic rings. The van der Waals surface area contributed by atoms with Crippen molar-refractivity contribution >= 4 is 17.5 Å². The normalized spacial score (nSPS) is 11.6. The summed E-state index contributed by atoms with van der Waals surface area (Å²) in [5.41, 5.74) is -0.736. The van der Waals surface area contributed by atoms with Crippen LogP contribution in [0, 0.1) is 40.4 Å². The van der Waals surface area contributed by atoms with Gasteiger partial charge in [-0.05, 0) is 37.6 Å². The number of carbonyl (C=O) groups excluding carboxylic acids is 1. The number of rotatable bonds is 7. The predicted octanol–water partition coefficient (Wildman–Crippen LogP) is 5.57. The number of ketones is 1. The molecule has 0 atom stereocenters. The van der Waals surface area contributed by atoms with Crippen molar-refractivity contribution in [1.82, 2.24) is 0 Å². The molecule has 0 N–H and O–H groups in total. The first-order valence-electron chi connectivity index (χ1n) is 8.96. The van der Waals surface area contributed by atoms with Crippen LogP contribution in [0.25, 0.3) is 6.08 Å². The van der Waals surface area contributed by atoms with Crippen molar-refractivity contribution in [3.63, 3.8) is 0 Å². The Morgan fingerprint density at radius 2 is 1.43 bits per heavy atom. The van der Waals surface area contributed by atoms with Gasteiger partial charge in [-0.25, -0.2) is 22.0 Å². The number of carbonyl (C=O) groups is 1. The highest BCUT2D eigenvalue weighted by Crippen LogP contribution is 2.25. The van der Waals surface area contributed by atoms with Crippen LogP contribution in [0.1, 0.15) is 29.8 Å². The standard InChI is InChI=1S/C22H17F5N2O/c1-3-29(4-2)15-10-8-13(9-11-15)6-5-7-14(12-28)22(30)16-17(23)19(25)21(27)20(26)18(16)24/h5-11H,3-4H2,1-2H3/b6-5+,14-7+. The molecule has 0 heterocycles. The zero-order valence-electron chi connectivity index (χ0n) is 16.1. The van der Waals surface area contributed by atoms with Crippen LogP contribution in [0.2, 0.25) is 0 Å². The first-order valence-corrected chi connectivity index (χ1v) is 8.96. The highest BCUT2D eigenvalue weighted by atomic mass is 19.2. The Morgan fingerprint density at radius 3 is 1.90 bits per heavy atom. The van der Waals surface area contributed by atoms with Gasteiger partial charge in [0.1, 0.15) is 17.2 Å². The average Bonchev–Trinajstić information content (AvgIpc) is 2.75. The fourth-order valence-electron chi connectivity index (χ4n) is 2.74. The molecule has 2 aromatic rings. The molecule has 8 heteroatoms. The number of benzene rings is 2. The molecule has 0 unspecified atom stereocenters. The van der Waals surface area contributed by atoms with Gasteiger partial charge in [-0.2, -0.15) is 5.26 Å². The van der Waals surface area contributed by atoms with E-state index < -0.39 is 46.0 Å². The first kappa shape index (κ1) is 22.8. The lowest BCUT2D eigenvalue weighted by Gasteiger charge is -2.20. The molecule has 0 amide bonds. The largest absolute Gasteiger partial charge is 0.372 e. The van der Waals surface area contributed by atoms with E-state index in [0.717, 1.165) is 24.9 Å². The van der Waals surface area contributed by atoms with E-state index in [4.69, 9.17) is 5.26 Å². The first-order chi connectivity index (χ1) is 14.3. The maximum absolute atomic E-state index is 13.8. The maximum Gasteiger partial charge on any atom is 0.209 e.